The first kappa shape index (κ1) is 81.4. The summed E-state index contributed by atoms with van der Waals surface area (Å²) in [6, 6.07) is 1.51. The molecule has 23 N–H and O–H groups in total. The van der Waals surface area contributed by atoms with Gasteiger partial charge in [0.2, 0.25) is 53.4 Å². The number of amides is 7. The number of likely N-dealkylation sites (N-methyl/N-ethyl adjacent to an activating group) is 1. The lowest BCUT2D eigenvalue weighted by molar-refractivity contribution is -0.333. The van der Waals surface area contributed by atoms with Crippen LogP contribution in [0, 0.1) is 5.92 Å². The summed E-state index contributed by atoms with van der Waals surface area (Å²) in [7, 11) is 1.48. The number of ether oxygens (including phenoxy) is 8. The number of primary amides is 1. The van der Waals surface area contributed by atoms with E-state index in [1.165, 1.54) is 71.1 Å². The van der Waals surface area contributed by atoms with Crippen LogP contribution >= 0.6 is 11.6 Å². The molecule has 0 unspecified atom stereocenters. The van der Waals surface area contributed by atoms with Crippen molar-refractivity contribution in [2.75, 3.05) is 13.7 Å². The summed E-state index contributed by atoms with van der Waals surface area (Å²) in [5, 5.41) is 132. The zero-order valence-electron chi connectivity index (χ0n) is 60.4. The van der Waals surface area contributed by atoms with E-state index in [0.29, 0.717) is 0 Å². The summed E-state index contributed by atoms with van der Waals surface area (Å²) in [6.07, 6.45) is -22.4. The average molecular weight is 1560 g/mol. The van der Waals surface area contributed by atoms with E-state index < -0.39 is 250 Å². The minimum Gasteiger partial charge on any atom is -0.508 e. The number of benzene rings is 5. The van der Waals surface area contributed by atoms with Crippen molar-refractivity contribution in [2.24, 2.45) is 23.1 Å². The van der Waals surface area contributed by atoms with Crippen molar-refractivity contribution in [1.29, 1.82) is 0 Å². The molecule has 3 fully saturated rings. The van der Waals surface area contributed by atoms with Crippen molar-refractivity contribution >= 4 is 58.9 Å². The summed E-state index contributed by atoms with van der Waals surface area (Å²) < 4.78 is 51.7. The van der Waals surface area contributed by atoms with Crippen molar-refractivity contribution in [2.45, 2.75) is 201 Å². The second-order valence-corrected chi connectivity index (χ2v) is 29.5. The van der Waals surface area contributed by atoms with Crippen LogP contribution in [0.15, 0.2) is 84.9 Å². The number of fused-ring (bicyclic) bond motifs is 15. The van der Waals surface area contributed by atoms with Gasteiger partial charge in [0.1, 0.15) is 89.5 Å². The zero-order valence-corrected chi connectivity index (χ0v) is 61.1. The number of nitrogens with two attached hydrogens (primary N) is 3. The van der Waals surface area contributed by atoms with Crippen molar-refractivity contribution in [3.8, 4) is 57.1 Å². The summed E-state index contributed by atoms with van der Waals surface area (Å²) in [5.74, 6) is -15.5. The van der Waals surface area contributed by atoms with E-state index in [4.69, 9.17) is 66.7 Å². The fourth-order valence-corrected chi connectivity index (χ4v) is 14.4. The van der Waals surface area contributed by atoms with Crippen molar-refractivity contribution in [3.63, 3.8) is 0 Å². The fraction of sp³-hybridized carbons (Fsp3) is 0.479. The highest BCUT2D eigenvalue weighted by Crippen LogP contribution is 2.50. The number of aliphatic hydroxyl groups is 6. The second-order valence-electron chi connectivity index (χ2n) is 29.1. The lowest BCUT2D eigenvalue weighted by Gasteiger charge is -2.47. The van der Waals surface area contributed by atoms with Crippen LogP contribution in [-0.4, -0.2) is 215 Å². The van der Waals surface area contributed by atoms with Gasteiger partial charge in [-0.05, 0) is 124 Å². The van der Waals surface area contributed by atoms with Gasteiger partial charge in [0, 0.05) is 46.7 Å². The first-order chi connectivity index (χ1) is 51.8. The summed E-state index contributed by atoms with van der Waals surface area (Å²) in [4.78, 5) is 120. The van der Waals surface area contributed by atoms with Gasteiger partial charge in [0.05, 0.1) is 48.5 Å². The number of rotatable bonds is 15. The Morgan fingerprint density at radius 1 is 0.673 bits per heavy atom. The number of aliphatic hydroxyl groups excluding tert-OH is 6. The molecule has 0 saturated carbocycles. The van der Waals surface area contributed by atoms with Crippen LogP contribution in [0.4, 0.5) is 0 Å². The van der Waals surface area contributed by atoms with Crippen molar-refractivity contribution in [3.05, 3.63) is 118 Å². The first-order valence-electron chi connectivity index (χ1n) is 35.2. The highest BCUT2D eigenvalue weighted by Gasteiger charge is 2.52. The Kier molecular flexibility index (Phi) is 24.2. The fourth-order valence-electron chi connectivity index (χ4n) is 14.2. The molecule has 0 aliphatic carbocycles. The molecule has 13 rings (SSSR count). The molecule has 594 valence electrons. The molecule has 11 bridgehead atoms. The average Bonchev–Trinajstić information content (AvgIpc) is 0.765. The van der Waals surface area contributed by atoms with E-state index in [0.717, 1.165) is 48.5 Å². The number of aromatic hydroxyl groups is 3. The number of carbonyl (C=O) groups excluding carboxylic acids is 7. The number of aliphatic carboxylic acids is 1. The minimum atomic E-state index is -2.34. The predicted octanol–water partition coefficient (Wildman–Crippen LogP) is -0.310. The number of phenolic OH excluding ortho intramolecular Hbond substituents is 3. The SMILES string of the molecule is CN[C@@H](CC(C)C)C(=O)N[C@H]1C(=O)N[C@@H](CC(N)=O)C(=O)N[C@H]2C(=O)N[C@H]3C(=O)N[C@H](C(=O)N[C@@H](C(=O)O)c4cc(O)cc(O)c4-c4cc3ccc4O)[C@H](O[C@H]3C[C@](C)(N)[C@@H](O)[C@H](C)O3)c3ccc(cc3)Oc3cc2cc(c3O[C@@H]2O[C@H](CO)[C@@H](O)[C@H](O)[C@H]2O[C@H]2C[C@](C)(N)[C@@H](O)[C@H](C)O2)Oc2ccc(cc2Cl)[C@H]1O. The van der Waals surface area contributed by atoms with E-state index >= 15 is 19.2 Å². The van der Waals surface area contributed by atoms with E-state index in [1.807, 2.05) is 13.8 Å². The van der Waals surface area contributed by atoms with Crippen LogP contribution in [0.25, 0.3) is 11.1 Å². The number of nitrogens with one attached hydrogen (secondary N) is 7. The van der Waals surface area contributed by atoms with E-state index in [-0.39, 0.29) is 58.4 Å². The standard InChI is InChI=1S/C73H89ClN10O26/c1-27(2)16-39(78-7)64(95)83-54-56(90)32-11-15-43(38(74)18-32)106-45-20-33-19-44(60(45)110-71-61(58(92)57(91)46(26-85)107-71)109-49-25-73(6,77)63(94)29(4)104-49)105-35-12-8-30(9-13-35)59(108-48-24-72(5,76)62(93)28(3)103-48)55-69(100)82-53(70(101)102)37-21-34(86)22-42(88)50(37)36-17-31(10-14-41(36)87)51(66(97)84-55)81-67(98)52(33)80-65(96)40(23-47(75)89)79-68(54)99/h8-15,17-22,27-29,39-40,46,48-49,51-59,61-63,71,78,85-88,90-94H,16,23-26,76-77H2,1-7H3,(H2,75,89)(H,79,99)(H,80,96)(H,81,98)(H,82,100)(H,83,95)(H,84,97)(H,101,102)/t28-,29-,39-,40-,46+,48-,49-,51+,52+,53+,54+,55-,56+,57+,58-,59+,61+,62-,63-,71-,72-,73-/m0/s1. The number of phenols is 3. The maximum atomic E-state index is 16.3. The molecule has 5 aromatic rings. The van der Waals surface area contributed by atoms with Crippen LogP contribution in [0.5, 0.6) is 46.0 Å². The zero-order chi connectivity index (χ0) is 80.0. The van der Waals surface area contributed by atoms with Crippen LogP contribution in [0.1, 0.15) is 125 Å². The van der Waals surface area contributed by atoms with Gasteiger partial charge in [-0.1, -0.05) is 49.7 Å². The molecule has 8 heterocycles. The lowest BCUT2D eigenvalue weighted by atomic mass is 9.86. The second kappa shape index (κ2) is 32.8. The third-order valence-electron chi connectivity index (χ3n) is 20.1. The summed E-state index contributed by atoms with van der Waals surface area (Å²) in [6.45, 7) is 8.66. The van der Waals surface area contributed by atoms with E-state index in [9.17, 15) is 70.2 Å². The Labute approximate surface area is 633 Å². The monoisotopic (exact) mass is 1560 g/mol. The molecular weight excluding hydrogens is 1470 g/mol. The minimum absolute atomic E-state index is 0.0420. The van der Waals surface area contributed by atoms with Gasteiger partial charge in [-0.25, -0.2) is 4.79 Å². The third kappa shape index (κ3) is 17.3. The van der Waals surface area contributed by atoms with Gasteiger partial charge >= 0.3 is 5.97 Å². The Morgan fingerprint density at radius 3 is 1.87 bits per heavy atom. The molecular formula is C73H89ClN10O26. The van der Waals surface area contributed by atoms with Crippen LogP contribution in [0.3, 0.4) is 0 Å². The maximum Gasteiger partial charge on any atom is 0.330 e. The molecule has 7 amide bonds. The number of halogens is 1. The Balaban J connectivity index is 1.18. The summed E-state index contributed by atoms with van der Waals surface area (Å²) in [5.41, 5.74) is 13.6. The molecule has 37 heteroatoms. The smallest absolute Gasteiger partial charge is 0.330 e. The Morgan fingerprint density at radius 2 is 1.27 bits per heavy atom. The largest absolute Gasteiger partial charge is 0.508 e. The number of carboxylic acid groups (broad SMARTS) is 1. The third-order valence-corrected chi connectivity index (χ3v) is 20.4. The number of hydrogen-bond donors (Lipinski definition) is 20. The molecule has 8 aliphatic heterocycles. The molecule has 36 nitrogen and oxygen atoms in total. The summed E-state index contributed by atoms with van der Waals surface area (Å²) >= 11 is 7.13. The predicted molar refractivity (Wildman–Crippen MR) is 381 cm³/mol. The van der Waals surface area contributed by atoms with Gasteiger partial charge in [-0.15, -0.1) is 0 Å². The van der Waals surface area contributed by atoms with E-state index in [2.05, 4.69) is 37.2 Å². The van der Waals surface area contributed by atoms with Crippen molar-refractivity contribution in [1.82, 2.24) is 37.2 Å². The topological polar surface area (TPSA) is 575 Å². The quantitative estimate of drug-likeness (QED) is 0.0639. The maximum absolute atomic E-state index is 16.3. The molecule has 0 aromatic heterocycles. The van der Waals surface area contributed by atoms with Crippen molar-refractivity contribution < 1.29 is 127 Å². The van der Waals surface area contributed by atoms with Gasteiger partial charge in [0.25, 0.3) is 0 Å². The van der Waals surface area contributed by atoms with Crippen LogP contribution < -0.4 is 68.6 Å². The number of carbonyl (C=O) groups is 8. The molecule has 0 spiro atoms. The van der Waals surface area contributed by atoms with Crippen LogP contribution in [-0.2, 0) is 62.0 Å². The normalized spacial score (nSPS) is 32.2. The molecule has 3 saturated heterocycles. The van der Waals surface area contributed by atoms with Gasteiger partial charge in [-0.3, -0.25) is 33.6 Å². The van der Waals surface area contributed by atoms with Gasteiger partial charge in [0.15, 0.2) is 36.2 Å². The highest BCUT2D eigenvalue weighted by molar-refractivity contribution is 6.32. The van der Waals surface area contributed by atoms with Gasteiger partial charge in [-0.2, -0.15) is 0 Å². The Bertz CT molecular complexity index is 4350. The highest BCUT2D eigenvalue weighted by atomic mass is 35.5. The van der Waals surface area contributed by atoms with Crippen LogP contribution in [0.2, 0.25) is 5.02 Å². The molecule has 0 radical (unpaired) electrons. The number of carboxylic acids is 1. The lowest BCUT2D eigenvalue weighted by Crippen LogP contribution is -2.64. The van der Waals surface area contributed by atoms with E-state index in [1.54, 1.807) is 0 Å². The Hall–Kier alpha value is -9.61. The molecule has 22 atom stereocenters. The molecule has 8 aliphatic rings. The molecule has 5 aromatic carbocycles. The molecule has 110 heavy (non-hydrogen) atoms. The van der Waals surface area contributed by atoms with Gasteiger partial charge < -0.3 is 143 Å². The number of hydrogen-bond acceptors (Lipinski definition) is 28. The first-order valence-corrected chi connectivity index (χ1v) is 35.6.